The molecule has 4 unspecified atom stereocenters. The third kappa shape index (κ3) is 2.19. The maximum Gasteiger partial charge on any atom is 0.323 e. The van der Waals surface area contributed by atoms with Gasteiger partial charge in [0.2, 0.25) is 0 Å². The van der Waals surface area contributed by atoms with Gasteiger partial charge in [0.05, 0.1) is 12.2 Å². The van der Waals surface area contributed by atoms with Gasteiger partial charge in [-0.25, -0.2) is 0 Å². The zero-order valence-electron chi connectivity index (χ0n) is 8.28. The molecule has 0 aromatic heterocycles. The van der Waals surface area contributed by atoms with Crippen molar-refractivity contribution >= 4 is 5.97 Å². The summed E-state index contributed by atoms with van der Waals surface area (Å²) in [5.74, 6) is -0.839. The number of hydrogen-bond donors (Lipinski definition) is 2. The number of carboxylic acids is 1. The molecule has 0 aliphatic carbocycles. The van der Waals surface area contributed by atoms with Crippen LogP contribution in [0.4, 0.5) is 0 Å². The van der Waals surface area contributed by atoms with Gasteiger partial charge in [-0.15, -0.1) is 0 Å². The molecule has 1 aliphatic rings. The Labute approximate surface area is 78.3 Å². The highest BCUT2D eigenvalue weighted by molar-refractivity contribution is 5.74. The molecule has 2 N–H and O–H groups in total. The number of aliphatic carboxylic acids is 1. The largest absolute Gasteiger partial charge is 0.480 e. The number of carbonyl (C=O) groups is 1. The Bertz CT molecular complexity index is 195. The van der Waals surface area contributed by atoms with Gasteiger partial charge in [0, 0.05) is 6.04 Å². The first-order valence-corrected chi connectivity index (χ1v) is 4.70. The molecule has 4 atom stereocenters. The third-order valence-electron chi connectivity index (χ3n) is 2.53. The molecule has 0 aromatic rings. The van der Waals surface area contributed by atoms with Gasteiger partial charge >= 0.3 is 5.97 Å². The van der Waals surface area contributed by atoms with Crippen LogP contribution in [0, 0.1) is 0 Å². The zero-order chi connectivity index (χ0) is 10.0. The lowest BCUT2D eigenvalue weighted by Crippen LogP contribution is -2.59. The van der Waals surface area contributed by atoms with E-state index in [0.717, 1.165) is 6.42 Å². The molecule has 1 saturated heterocycles. The fraction of sp³-hybridized carbons (Fsp3) is 0.889. The second-order valence-corrected chi connectivity index (χ2v) is 3.56. The Morgan fingerprint density at radius 1 is 1.54 bits per heavy atom. The van der Waals surface area contributed by atoms with Crippen LogP contribution in [0.25, 0.3) is 0 Å². The number of nitrogens with one attached hydrogen (secondary N) is 1. The molecule has 1 aliphatic heterocycles. The van der Waals surface area contributed by atoms with Gasteiger partial charge in [0.1, 0.15) is 6.04 Å². The van der Waals surface area contributed by atoms with Crippen LogP contribution in [0.5, 0.6) is 0 Å². The standard InChI is InChI=1S/C9H17NO3/c1-4-7-5(2)10-8(9(11)12)6(3)13-7/h5-8,10H,4H2,1-3H3,(H,11,12). The fourth-order valence-corrected chi connectivity index (χ4v) is 1.72. The van der Waals surface area contributed by atoms with E-state index in [0.29, 0.717) is 0 Å². The number of morpholine rings is 1. The SMILES string of the molecule is CCC1OC(C)C(C(=O)O)NC1C. The van der Waals surface area contributed by atoms with Gasteiger partial charge in [-0.3, -0.25) is 10.1 Å². The van der Waals surface area contributed by atoms with Crippen LogP contribution >= 0.6 is 0 Å². The number of rotatable bonds is 2. The molecule has 0 aromatic carbocycles. The summed E-state index contributed by atoms with van der Waals surface area (Å²) >= 11 is 0. The quantitative estimate of drug-likeness (QED) is 0.665. The van der Waals surface area contributed by atoms with E-state index in [4.69, 9.17) is 9.84 Å². The molecule has 1 rings (SSSR count). The van der Waals surface area contributed by atoms with E-state index in [9.17, 15) is 4.79 Å². The minimum absolute atomic E-state index is 0.113. The minimum Gasteiger partial charge on any atom is -0.480 e. The molecule has 0 spiro atoms. The van der Waals surface area contributed by atoms with E-state index in [1.165, 1.54) is 0 Å². The van der Waals surface area contributed by atoms with Crippen molar-refractivity contribution in [2.24, 2.45) is 0 Å². The Kier molecular flexibility index (Phi) is 3.27. The van der Waals surface area contributed by atoms with Gasteiger partial charge in [-0.05, 0) is 20.3 Å². The van der Waals surface area contributed by atoms with Gasteiger partial charge in [-0.1, -0.05) is 6.92 Å². The zero-order valence-corrected chi connectivity index (χ0v) is 8.28. The molecular formula is C9H17NO3. The Morgan fingerprint density at radius 2 is 2.15 bits per heavy atom. The van der Waals surface area contributed by atoms with Crippen molar-refractivity contribution in [1.29, 1.82) is 0 Å². The normalized spacial score (nSPS) is 40.2. The van der Waals surface area contributed by atoms with E-state index < -0.39 is 12.0 Å². The number of hydrogen-bond acceptors (Lipinski definition) is 3. The topological polar surface area (TPSA) is 58.6 Å². The summed E-state index contributed by atoms with van der Waals surface area (Å²) in [6.45, 7) is 5.78. The lowest BCUT2D eigenvalue weighted by molar-refractivity contribution is -0.152. The van der Waals surface area contributed by atoms with Crippen LogP contribution in [0.2, 0.25) is 0 Å². The van der Waals surface area contributed by atoms with Crippen molar-refractivity contribution in [3.05, 3.63) is 0 Å². The smallest absolute Gasteiger partial charge is 0.323 e. The van der Waals surface area contributed by atoms with Gasteiger partial charge in [0.15, 0.2) is 0 Å². The average molecular weight is 187 g/mol. The van der Waals surface area contributed by atoms with Crippen molar-refractivity contribution in [3.8, 4) is 0 Å². The van der Waals surface area contributed by atoms with Crippen molar-refractivity contribution in [2.75, 3.05) is 0 Å². The molecule has 0 saturated carbocycles. The summed E-state index contributed by atoms with van der Waals surface area (Å²) in [5, 5.41) is 11.9. The molecule has 4 nitrogen and oxygen atoms in total. The van der Waals surface area contributed by atoms with Crippen LogP contribution in [0.15, 0.2) is 0 Å². The first-order chi connectivity index (χ1) is 6.06. The predicted molar refractivity (Wildman–Crippen MR) is 48.6 cm³/mol. The van der Waals surface area contributed by atoms with Crippen LogP contribution in [0.3, 0.4) is 0 Å². The van der Waals surface area contributed by atoms with E-state index in [1.54, 1.807) is 6.92 Å². The molecule has 0 radical (unpaired) electrons. The van der Waals surface area contributed by atoms with Crippen LogP contribution in [-0.2, 0) is 9.53 Å². The summed E-state index contributed by atoms with van der Waals surface area (Å²) in [7, 11) is 0. The number of ether oxygens (including phenoxy) is 1. The molecule has 1 fully saturated rings. The highest BCUT2D eigenvalue weighted by atomic mass is 16.5. The monoisotopic (exact) mass is 187 g/mol. The van der Waals surface area contributed by atoms with Crippen LogP contribution in [-0.4, -0.2) is 35.4 Å². The average Bonchev–Trinajstić information content (AvgIpc) is 2.07. The first kappa shape index (κ1) is 10.5. The minimum atomic E-state index is -0.839. The van der Waals surface area contributed by atoms with Gasteiger partial charge in [0.25, 0.3) is 0 Å². The van der Waals surface area contributed by atoms with Crippen molar-refractivity contribution in [3.63, 3.8) is 0 Å². The second-order valence-electron chi connectivity index (χ2n) is 3.56. The Morgan fingerprint density at radius 3 is 2.62 bits per heavy atom. The summed E-state index contributed by atoms with van der Waals surface area (Å²) in [5.41, 5.74) is 0. The predicted octanol–water partition coefficient (Wildman–Crippen LogP) is 0.615. The van der Waals surface area contributed by atoms with E-state index >= 15 is 0 Å². The summed E-state index contributed by atoms with van der Waals surface area (Å²) in [6.07, 6.45) is 0.787. The Balaban J connectivity index is 2.61. The maximum atomic E-state index is 10.8. The van der Waals surface area contributed by atoms with Crippen molar-refractivity contribution < 1.29 is 14.6 Å². The van der Waals surface area contributed by atoms with Gasteiger partial charge < -0.3 is 9.84 Å². The van der Waals surface area contributed by atoms with Crippen LogP contribution in [0.1, 0.15) is 27.2 Å². The van der Waals surface area contributed by atoms with E-state index in [2.05, 4.69) is 5.32 Å². The molecule has 0 bridgehead atoms. The maximum absolute atomic E-state index is 10.8. The molecular weight excluding hydrogens is 170 g/mol. The van der Waals surface area contributed by atoms with Gasteiger partial charge in [-0.2, -0.15) is 0 Å². The highest BCUT2D eigenvalue weighted by Gasteiger charge is 2.35. The summed E-state index contributed by atoms with van der Waals surface area (Å²) < 4.78 is 5.58. The van der Waals surface area contributed by atoms with E-state index in [1.807, 2.05) is 13.8 Å². The van der Waals surface area contributed by atoms with Crippen molar-refractivity contribution in [2.45, 2.75) is 51.5 Å². The number of carboxylic acid groups (broad SMARTS) is 1. The van der Waals surface area contributed by atoms with Crippen molar-refractivity contribution in [1.82, 2.24) is 5.32 Å². The highest BCUT2D eigenvalue weighted by Crippen LogP contribution is 2.16. The fourth-order valence-electron chi connectivity index (χ4n) is 1.72. The molecule has 13 heavy (non-hydrogen) atoms. The summed E-state index contributed by atoms with van der Waals surface area (Å²) in [6, 6.07) is -0.458. The van der Waals surface area contributed by atoms with E-state index in [-0.39, 0.29) is 18.2 Å². The second kappa shape index (κ2) is 4.07. The molecule has 4 heteroatoms. The summed E-state index contributed by atoms with van der Waals surface area (Å²) in [4.78, 5) is 10.8. The lowest BCUT2D eigenvalue weighted by Gasteiger charge is -2.37. The third-order valence-corrected chi connectivity index (χ3v) is 2.53. The molecule has 0 amide bonds. The lowest BCUT2D eigenvalue weighted by atomic mass is 10.0. The van der Waals surface area contributed by atoms with Crippen LogP contribution < -0.4 is 5.32 Å². The first-order valence-electron chi connectivity index (χ1n) is 4.70. The molecule has 76 valence electrons. The Hall–Kier alpha value is -0.610. The molecule has 1 heterocycles.